The van der Waals surface area contributed by atoms with Gasteiger partial charge in [0.2, 0.25) is 0 Å². The second kappa shape index (κ2) is 7.39. The number of hydrogen-bond donors (Lipinski definition) is 0. The summed E-state index contributed by atoms with van der Waals surface area (Å²) in [6.45, 7) is 0.488. The van der Waals surface area contributed by atoms with Gasteiger partial charge in [0.05, 0.1) is 5.88 Å². The standard InChI is InChI=1S/C9H9ClO2.Na.H/c10-5-6-12-9-3-1-8(7-11)2-4-9;;/h1-4,7H,5-6H2;;/q;+1;-1. The summed E-state index contributed by atoms with van der Waals surface area (Å²) in [6.07, 6.45) is 0.797. The second-order valence-corrected chi connectivity index (χ2v) is 2.60. The van der Waals surface area contributed by atoms with Gasteiger partial charge in [0.15, 0.2) is 0 Å². The van der Waals surface area contributed by atoms with Crippen molar-refractivity contribution in [2.75, 3.05) is 12.5 Å². The summed E-state index contributed by atoms with van der Waals surface area (Å²) in [5, 5.41) is 0. The van der Waals surface area contributed by atoms with Crippen molar-refractivity contribution in [3.8, 4) is 5.75 Å². The third kappa shape index (κ3) is 4.67. The van der Waals surface area contributed by atoms with E-state index in [0.29, 0.717) is 18.1 Å². The first-order valence-corrected chi connectivity index (χ1v) is 4.14. The van der Waals surface area contributed by atoms with Gasteiger partial charge in [-0.15, -0.1) is 11.6 Å². The molecule has 0 fully saturated rings. The minimum atomic E-state index is 0. The molecule has 66 valence electrons. The molecular formula is C9H10ClNaO2. The summed E-state index contributed by atoms with van der Waals surface area (Å²) < 4.78 is 5.21. The molecule has 13 heavy (non-hydrogen) atoms. The van der Waals surface area contributed by atoms with E-state index in [9.17, 15) is 4.79 Å². The van der Waals surface area contributed by atoms with Crippen LogP contribution in [0.3, 0.4) is 0 Å². The van der Waals surface area contributed by atoms with Gasteiger partial charge in [0.1, 0.15) is 18.6 Å². The number of aldehydes is 1. The Bertz CT molecular complexity index is 253. The van der Waals surface area contributed by atoms with Crippen LogP contribution >= 0.6 is 11.6 Å². The van der Waals surface area contributed by atoms with E-state index in [2.05, 4.69) is 0 Å². The van der Waals surface area contributed by atoms with E-state index in [1.54, 1.807) is 24.3 Å². The molecule has 1 aromatic carbocycles. The smallest absolute Gasteiger partial charge is 1.00 e. The second-order valence-electron chi connectivity index (χ2n) is 2.22. The van der Waals surface area contributed by atoms with Gasteiger partial charge in [-0.25, -0.2) is 0 Å². The fraction of sp³-hybridized carbons (Fsp3) is 0.222. The van der Waals surface area contributed by atoms with Gasteiger partial charge in [-0.1, -0.05) is 0 Å². The molecule has 0 atom stereocenters. The zero-order chi connectivity index (χ0) is 8.81. The van der Waals surface area contributed by atoms with E-state index in [-0.39, 0.29) is 31.0 Å². The minimum Gasteiger partial charge on any atom is -1.00 e. The zero-order valence-electron chi connectivity index (χ0n) is 8.50. The van der Waals surface area contributed by atoms with Crippen molar-refractivity contribution in [2.45, 2.75) is 0 Å². The Morgan fingerprint density at radius 3 is 2.46 bits per heavy atom. The molecule has 2 nitrogen and oxygen atoms in total. The molecule has 0 heterocycles. The molecule has 0 spiro atoms. The van der Waals surface area contributed by atoms with Crippen molar-refractivity contribution >= 4 is 17.9 Å². The van der Waals surface area contributed by atoms with E-state index >= 15 is 0 Å². The van der Waals surface area contributed by atoms with Gasteiger partial charge >= 0.3 is 29.6 Å². The van der Waals surface area contributed by atoms with Crippen LogP contribution in [-0.4, -0.2) is 18.8 Å². The number of ether oxygens (including phenoxy) is 1. The Kier molecular flexibility index (Phi) is 7.38. The molecule has 1 rings (SSSR count). The number of rotatable bonds is 4. The maximum Gasteiger partial charge on any atom is 1.00 e. The molecular weight excluding hydrogens is 199 g/mol. The summed E-state index contributed by atoms with van der Waals surface area (Å²) >= 11 is 5.43. The minimum absolute atomic E-state index is 0. The van der Waals surface area contributed by atoms with Crippen LogP contribution in [0.1, 0.15) is 11.8 Å². The van der Waals surface area contributed by atoms with Crippen LogP contribution in [0.4, 0.5) is 0 Å². The van der Waals surface area contributed by atoms with Crippen molar-refractivity contribution in [1.82, 2.24) is 0 Å². The van der Waals surface area contributed by atoms with Crippen molar-refractivity contribution in [1.29, 1.82) is 0 Å². The van der Waals surface area contributed by atoms with Gasteiger partial charge in [0.25, 0.3) is 0 Å². The topological polar surface area (TPSA) is 26.3 Å². The molecule has 0 amide bonds. The number of halogens is 1. The summed E-state index contributed by atoms with van der Waals surface area (Å²) in [7, 11) is 0. The van der Waals surface area contributed by atoms with Crippen molar-refractivity contribution in [2.24, 2.45) is 0 Å². The van der Waals surface area contributed by atoms with Crippen molar-refractivity contribution in [3.63, 3.8) is 0 Å². The molecule has 0 bridgehead atoms. The molecule has 0 aliphatic rings. The predicted octanol–water partition coefficient (Wildman–Crippen LogP) is -0.767. The Labute approximate surface area is 106 Å². The van der Waals surface area contributed by atoms with E-state index < -0.39 is 0 Å². The van der Waals surface area contributed by atoms with E-state index in [4.69, 9.17) is 16.3 Å². The Morgan fingerprint density at radius 2 is 2.00 bits per heavy atom. The third-order valence-corrected chi connectivity index (χ3v) is 1.52. The quantitative estimate of drug-likeness (QED) is 0.369. The Hall–Kier alpha value is -0.0200. The summed E-state index contributed by atoms with van der Waals surface area (Å²) in [4.78, 5) is 10.3. The SMILES string of the molecule is O=Cc1ccc(OCCCl)cc1.[H-].[Na+]. The van der Waals surface area contributed by atoms with Crippen LogP contribution in [0.25, 0.3) is 0 Å². The van der Waals surface area contributed by atoms with Crippen LogP contribution in [0.5, 0.6) is 5.75 Å². The molecule has 4 heteroatoms. The van der Waals surface area contributed by atoms with Gasteiger partial charge in [-0.05, 0) is 24.3 Å². The van der Waals surface area contributed by atoms with Crippen LogP contribution in [0.2, 0.25) is 0 Å². The van der Waals surface area contributed by atoms with Crippen molar-refractivity contribution < 1.29 is 40.5 Å². The Balaban J connectivity index is 0. The number of hydrogen-bond acceptors (Lipinski definition) is 2. The van der Waals surface area contributed by atoms with Crippen molar-refractivity contribution in [3.05, 3.63) is 29.8 Å². The van der Waals surface area contributed by atoms with Crippen LogP contribution in [-0.2, 0) is 0 Å². The molecule has 0 radical (unpaired) electrons. The maximum atomic E-state index is 10.3. The molecule has 0 unspecified atom stereocenters. The van der Waals surface area contributed by atoms with Gasteiger partial charge in [-0.3, -0.25) is 4.79 Å². The van der Waals surface area contributed by atoms with Crippen LogP contribution in [0.15, 0.2) is 24.3 Å². The first kappa shape index (κ1) is 13.0. The summed E-state index contributed by atoms with van der Waals surface area (Å²) in [6, 6.07) is 6.90. The maximum absolute atomic E-state index is 10.3. The molecule has 0 aromatic heterocycles. The fourth-order valence-electron chi connectivity index (χ4n) is 0.799. The average Bonchev–Trinajstić information content (AvgIpc) is 2.15. The normalized spacial score (nSPS) is 8.69. The number of carbonyl (C=O) groups excluding carboxylic acids is 1. The summed E-state index contributed by atoms with van der Waals surface area (Å²) in [5.74, 6) is 1.20. The number of benzene rings is 1. The Morgan fingerprint density at radius 1 is 1.38 bits per heavy atom. The molecule has 0 aliphatic carbocycles. The first-order chi connectivity index (χ1) is 5.86. The zero-order valence-corrected chi connectivity index (χ0v) is 10.3. The number of alkyl halides is 1. The monoisotopic (exact) mass is 208 g/mol. The van der Waals surface area contributed by atoms with E-state index in [0.717, 1.165) is 12.0 Å². The van der Waals surface area contributed by atoms with Gasteiger partial charge in [0, 0.05) is 5.56 Å². The van der Waals surface area contributed by atoms with E-state index in [1.165, 1.54) is 0 Å². The summed E-state index contributed by atoms with van der Waals surface area (Å²) in [5.41, 5.74) is 0.647. The third-order valence-electron chi connectivity index (χ3n) is 1.36. The van der Waals surface area contributed by atoms with Crippen LogP contribution < -0.4 is 34.3 Å². The van der Waals surface area contributed by atoms with E-state index in [1.807, 2.05) is 0 Å². The molecule has 0 N–H and O–H groups in total. The van der Waals surface area contributed by atoms with Gasteiger partial charge < -0.3 is 6.16 Å². The van der Waals surface area contributed by atoms with Crippen LogP contribution in [0, 0.1) is 0 Å². The predicted molar refractivity (Wildman–Crippen MR) is 49.2 cm³/mol. The fourth-order valence-corrected chi connectivity index (χ4v) is 0.876. The molecule has 0 saturated heterocycles. The molecule has 1 aromatic rings. The molecule has 0 saturated carbocycles. The average molecular weight is 209 g/mol. The molecule has 0 aliphatic heterocycles. The largest absolute Gasteiger partial charge is 1.00 e. The first-order valence-electron chi connectivity index (χ1n) is 3.61. The number of carbonyl (C=O) groups is 1. The van der Waals surface area contributed by atoms with Gasteiger partial charge in [-0.2, -0.15) is 0 Å².